The molecule has 50 heavy (non-hydrogen) atoms. The summed E-state index contributed by atoms with van der Waals surface area (Å²) in [4.78, 5) is 0. The Hall–Kier alpha value is -3.42. The van der Waals surface area contributed by atoms with E-state index in [-0.39, 0.29) is 0 Å². The van der Waals surface area contributed by atoms with Crippen LogP contribution in [0, 0.1) is 82.4 Å². The predicted molar refractivity (Wildman–Crippen MR) is 224 cm³/mol. The van der Waals surface area contributed by atoms with Crippen LogP contribution < -0.4 is 0 Å². The highest BCUT2D eigenvalue weighted by molar-refractivity contribution is 5.60. The molecule has 0 rings (SSSR count). The lowest BCUT2D eigenvalue weighted by Crippen LogP contribution is -2.40. The molecule has 0 aromatic rings. The standard InChI is InChI=1S/C50H72/c1-9-17-25-29-32-34-40-47(39-33-30-26-18-10-2)48(41-35-31-27-19-11-3)50(45-24-16-8,46-38-28-20-12-4)49(42-23-15-7,43-36-21-13-5)44-37-22-14-6/h8,35-36,41,43H,9-15,17-22,24-32,45H2,1-7H3. The van der Waals surface area contributed by atoms with E-state index >= 15 is 0 Å². The highest BCUT2D eigenvalue weighted by Gasteiger charge is 2.50. The fourth-order valence-corrected chi connectivity index (χ4v) is 5.69. The average Bonchev–Trinajstić information content (AvgIpc) is 3.13. The molecule has 0 amide bonds. The molecule has 0 saturated carbocycles. The summed E-state index contributed by atoms with van der Waals surface area (Å²) in [6, 6.07) is 0. The fourth-order valence-electron chi connectivity index (χ4n) is 5.69. The van der Waals surface area contributed by atoms with E-state index in [0.29, 0.717) is 12.8 Å². The van der Waals surface area contributed by atoms with Gasteiger partial charge in [0.05, 0.1) is 11.0 Å². The second kappa shape index (κ2) is 32.8. The molecule has 0 aromatic heterocycles. The summed E-state index contributed by atoms with van der Waals surface area (Å²) in [5.41, 5.74) is 0.236. The summed E-state index contributed by atoms with van der Waals surface area (Å²) in [6.07, 6.45) is 38.5. The van der Waals surface area contributed by atoms with Gasteiger partial charge in [0.15, 0.2) is 0 Å². The molecule has 0 heterocycles. The number of allylic oxidation sites excluding steroid dienone is 6. The van der Waals surface area contributed by atoms with Crippen LogP contribution in [-0.2, 0) is 0 Å². The highest BCUT2D eigenvalue weighted by atomic mass is 14.5. The van der Waals surface area contributed by atoms with Crippen molar-refractivity contribution < 1.29 is 0 Å². The molecule has 0 saturated heterocycles. The van der Waals surface area contributed by atoms with Gasteiger partial charge >= 0.3 is 0 Å². The zero-order chi connectivity index (χ0) is 37.0. The minimum atomic E-state index is -0.871. The lowest BCUT2D eigenvalue weighted by atomic mass is 9.56. The second-order valence-corrected chi connectivity index (χ2v) is 13.3. The van der Waals surface area contributed by atoms with Gasteiger partial charge in [-0.1, -0.05) is 172 Å². The van der Waals surface area contributed by atoms with E-state index in [9.17, 15) is 0 Å². The Balaban J connectivity index is 8.59. The Bertz CT molecular complexity index is 1350. The Morgan fingerprint density at radius 1 is 0.520 bits per heavy atom. The fraction of sp³-hybridized carbons (Fsp3) is 0.640. The van der Waals surface area contributed by atoms with Crippen molar-refractivity contribution in [1.29, 1.82) is 0 Å². The Morgan fingerprint density at radius 2 is 1.12 bits per heavy atom. The molecule has 2 unspecified atom stereocenters. The first-order valence-electron chi connectivity index (χ1n) is 20.5. The van der Waals surface area contributed by atoms with E-state index in [4.69, 9.17) is 6.42 Å². The van der Waals surface area contributed by atoms with Crippen LogP contribution in [0.4, 0.5) is 0 Å². The maximum atomic E-state index is 6.12. The molecule has 0 aliphatic rings. The highest BCUT2D eigenvalue weighted by Crippen LogP contribution is 2.51. The molecule has 272 valence electrons. The van der Waals surface area contributed by atoms with Gasteiger partial charge in [-0.3, -0.25) is 0 Å². The van der Waals surface area contributed by atoms with Gasteiger partial charge in [-0.25, -0.2) is 0 Å². The zero-order valence-corrected chi connectivity index (χ0v) is 33.7. The first-order valence-corrected chi connectivity index (χ1v) is 20.5. The van der Waals surface area contributed by atoms with E-state index in [1.807, 2.05) is 0 Å². The Labute approximate surface area is 313 Å². The van der Waals surface area contributed by atoms with Crippen LogP contribution in [0.5, 0.6) is 0 Å². The lowest BCUT2D eigenvalue weighted by Gasteiger charge is -2.41. The van der Waals surface area contributed by atoms with Gasteiger partial charge in [-0.15, -0.1) is 30.1 Å². The van der Waals surface area contributed by atoms with Gasteiger partial charge in [0.2, 0.25) is 0 Å². The van der Waals surface area contributed by atoms with Gasteiger partial charge in [0.25, 0.3) is 0 Å². The number of hydrogen-bond acceptors (Lipinski definition) is 0. The summed E-state index contributed by atoms with van der Waals surface area (Å²) in [5, 5.41) is 0. The van der Waals surface area contributed by atoms with E-state index in [2.05, 4.69) is 138 Å². The van der Waals surface area contributed by atoms with Crippen LogP contribution >= 0.6 is 0 Å². The molecule has 2 atom stereocenters. The SMILES string of the molecule is C#CCCC(C#CCCCC)(C(C=CCCCCC)=C(C#CCCCCC)C#CCCCCCC)C(C#CCC)(C#CCCC)C=CCCC. The van der Waals surface area contributed by atoms with E-state index in [0.717, 1.165) is 101 Å². The quantitative estimate of drug-likeness (QED) is 0.0465. The predicted octanol–water partition coefficient (Wildman–Crippen LogP) is 14.1. The molecular formula is C50H72. The number of hydrogen-bond donors (Lipinski definition) is 0. The number of terminal acetylenes is 1. The first kappa shape index (κ1) is 46.6. The molecule has 0 aliphatic heterocycles. The van der Waals surface area contributed by atoms with E-state index in [1.54, 1.807) is 0 Å². The van der Waals surface area contributed by atoms with Gasteiger partial charge in [-0.05, 0) is 56.9 Å². The minimum Gasteiger partial charge on any atom is -0.120 e. The average molecular weight is 673 g/mol. The molecule has 0 fully saturated rings. The van der Waals surface area contributed by atoms with E-state index < -0.39 is 10.8 Å². The summed E-state index contributed by atoms with van der Waals surface area (Å²) in [5.74, 6) is 39.6. The van der Waals surface area contributed by atoms with Crippen molar-refractivity contribution in [3.05, 3.63) is 35.5 Å². The molecule has 0 spiro atoms. The molecule has 0 aliphatic carbocycles. The third-order valence-electron chi connectivity index (χ3n) is 8.70. The van der Waals surface area contributed by atoms with Gasteiger partial charge in [0.1, 0.15) is 5.41 Å². The van der Waals surface area contributed by atoms with Crippen molar-refractivity contribution in [2.45, 2.75) is 196 Å². The third kappa shape index (κ3) is 19.1. The molecular weight excluding hydrogens is 601 g/mol. The molecule has 0 N–H and O–H groups in total. The van der Waals surface area contributed by atoms with Gasteiger partial charge in [-0.2, -0.15) is 0 Å². The lowest BCUT2D eigenvalue weighted by molar-refractivity contribution is 0.326. The van der Waals surface area contributed by atoms with Crippen molar-refractivity contribution >= 4 is 0 Å². The summed E-state index contributed by atoms with van der Waals surface area (Å²) < 4.78 is 0. The summed E-state index contributed by atoms with van der Waals surface area (Å²) in [7, 11) is 0. The zero-order valence-electron chi connectivity index (χ0n) is 33.7. The third-order valence-corrected chi connectivity index (χ3v) is 8.70. The Kier molecular flexibility index (Phi) is 30.5. The topological polar surface area (TPSA) is 0 Å². The molecule has 0 radical (unpaired) electrons. The van der Waals surface area contributed by atoms with Crippen molar-refractivity contribution in [1.82, 2.24) is 0 Å². The molecule has 0 nitrogen and oxygen atoms in total. The molecule has 0 bridgehead atoms. The van der Waals surface area contributed by atoms with Crippen molar-refractivity contribution in [2.24, 2.45) is 10.8 Å². The minimum absolute atomic E-state index is 0.559. The van der Waals surface area contributed by atoms with E-state index in [1.165, 1.54) is 44.9 Å². The van der Waals surface area contributed by atoms with Crippen LogP contribution in [0.3, 0.4) is 0 Å². The summed E-state index contributed by atoms with van der Waals surface area (Å²) in [6.45, 7) is 15.5. The smallest absolute Gasteiger partial charge is 0.120 e. The Morgan fingerprint density at radius 3 is 1.74 bits per heavy atom. The van der Waals surface area contributed by atoms with Gasteiger partial charge < -0.3 is 0 Å². The van der Waals surface area contributed by atoms with Crippen molar-refractivity contribution in [2.75, 3.05) is 0 Å². The second-order valence-electron chi connectivity index (χ2n) is 13.3. The van der Waals surface area contributed by atoms with Crippen LogP contribution in [0.2, 0.25) is 0 Å². The van der Waals surface area contributed by atoms with Gasteiger partial charge in [0, 0.05) is 38.5 Å². The maximum Gasteiger partial charge on any atom is 0.130 e. The monoisotopic (exact) mass is 673 g/mol. The van der Waals surface area contributed by atoms with Crippen molar-refractivity contribution in [3.8, 4) is 71.5 Å². The van der Waals surface area contributed by atoms with Crippen LogP contribution in [0.25, 0.3) is 0 Å². The van der Waals surface area contributed by atoms with Crippen LogP contribution in [-0.4, -0.2) is 0 Å². The van der Waals surface area contributed by atoms with Crippen LogP contribution in [0.1, 0.15) is 196 Å². The maximum absolute atomic E-state index is 6.12. The van der Waals surface area contributed by atoms with Crippen molar-refractivity contribution in [3.63, 3.8) is 0 Å². The number of rotatable bonds is 22. The number of unbranched alkanes of at least 4 members (excludes halogenated alkanes) is 14. The molecule has 0 aromatic carbocycles. The first-order chi connectivity index (χ1) is 24.5. The largest absolute Gasteiger partial charge is 0.130 e. The normalized spacial score (nSPS) is 13.4. The molecule has 0 heteroatoms. The summed E-state index contributed by atoms with van der Waals surface area (Å²) >= 11 is 0. The van der Waals surface area contributed by atoms with Crippen LogP contribution in [0.15, 0.2) is 35.5 Å².